The van der Waals surface area contributed by atoms with E-state index in [1.807, 2.05) is 42.2 Å². The Bertz CT molecular complexity index is 783. The SMILES string of the molecule is C[C@@H](Oc1ccccc1)C(=O)N1CCN(c2nc(CN3CCCCC3)cs2)CC1. The number of hydrogen-bond donors (Lipinski definition) is 0. The molecular formula is C22H30N4O2S. The van der Waals surface area contributed by atoms with Crippen LogP contribution in [-0.4, -0.2) is 66.1 Å². The monoisotopic (exact) mass is 414 g/mol. The molecule has 0 spiro atoms. The molecular weight excluding hydrogens is 384 g/mol. The molecule has 0 saturated carbocycles. The summed E-state index contributed by atoms with van der Waals surface area (Å²) >= 11 is 1.72. The van der Waals surface area contributed by atoms with Crippen molar-refractivity contribution in [3.8, 4) is 5.75 Å². The number of piperidine rings is 1. The smallest absolute Gasteiger partial charge is 0.263 e. The average molecular weight is 415 g/mol. The third kappa shape index (κ3) is 5.28. The fourth-order valence-corrected chi connectivity index (χ4v) is 4.86. The van der Waals surface area contributed by atoms with Crippen molar-refractivity contribution >= 4 is 22.4 Å². The average Bonchev–Trinajstić information content (AvgIpc) is 3.23. The summed E-state index contributed by atoms with van der Waals surface area (Å²) in [6.45, 7) is 8.23. The van der Waals surface area contributed by atoms with Gasteiger partial charge in [-0.25, -0.2) is 4.98 Å². The number of hydrogen-bond acceptors (Lipinski definition) is 6. The number of nitrogens with zero attached hydrogens (tertiary/aromatic N) is 4. The Morgan fingerprint density at radius 3 is 2.52 bits per heavy atom. The maximum absolute atomic E-state index is 12.7. The van der Waals surface area contributed by atoms with Gasteiger partial charge < -0.3 is 14.5 Å². The van der Waals surface area contributed by atoms with Crippen LogP contribution in [0.3, 0.4) is 0 Å². The quantitative estimate of drug-likeness (QED) is 0.726. The van der Waals surface area contributed by atoms with Crippen molar-refractivity contribution in [3.05, 3.63) is 41.4 Å². The molecule has 1 aromatic carbocycles. The molecule has 1 aromatic heterocycles. The Hall–Kier alpha value is -2.12. The van der Waals surface area contributed by atoms with E-state index in [0.29, 0.717) is 13.1 Å². The fraction of sp³-hybridized carbons (Fsp3) is 0.545. The number of anilines is 1. The molecule has 2 aliphatic rings. The van der Waals surface area contributed by atoms with E-state index in [1.54, 1.807) is 11.3 Å². The lowest BCUT2D eigenvalue weighted by molar-refractivity contribution is -0.138. The second-order valence-corrected chi connectivity index (χ2v) is 8.68. The Balaban J connectivity index is 1.26. The van der Waals surface area contributed by atoms with Gasteiger partial charge in [-0.2, -0.15) is 0 Å². The van der Waals surface area contributed by atoms with Gasteiger partial charge in [0, 0.05) is 38.1 Å². The number of thiazole rings is 1. The summed E-state index contributed by atoms with van der Waals surface area (Å²) in [7, 11) is 0. The van der Waals surface area contributed by atoms with Crippen molar-refractivity contribution in [1.82, 2.24) is 14.8 Å². The molecule has 1 amide bonds. The Labute approximate surface area is 177 Å². The van der Waals surface area contributed by atoms with E-state index < -0.39 is 6.10 Å². The number of carbonyl (C=O) groups excluding carboxylic acids is 1. The summed E-state index contributed by atoms with van der Waals surface area (Å²) in [5.74, 6) is 0.787. The number of carbonyl (C=O) groups is 1. The fourth-order valence-electron chi connectivity index (χ4n) is 3.99. The zero-order chi connectivity index (χ0) is 20.1. The first kappa shape index (κ1) is 20.2. The van der Waals surface area contributed by atoms with Gasteiger partial charge in [0.1, 0.15) is 5.75 Å². The lowest BCUT2D eigenvalue weighted by atomic mass is 10.1. The predicted molar refractivity (Wildman–Crippen MR) is 117 cm³/mol. The molecule has 2 fully saturated rings. The molecule has 0 N–H and O–H groups in total. The second kappa shape index (κ2) is 9.59. The van der Waals surface area contributed by atoms with Gasteiger partial charge in [-0.15, -0.1) is 11.3 Å². The Morgan fingerprint density at radius 1 is 1.07 bits per heavy atom. The van der Waals surface area contributed by atoms with E-state index in [0.717, 1.165) is 30.5 Å². The first-order chi connectivity index (χ1) is 14.2. The maximum atomic E-state index is 12.7. The highest BCUT2D eigenvalue weighted by Gasteiger charge is 2.27. The van der Waals surface area contributed by atoms with Gasteiger partial charge in [0.25, 0.3) is 5.91 Å². The largest absolute Gasteiger partial charge is 0.481 e. The molecule has 2 aliphatic heterocycles. The first-order valence-corrected chi connectivity index (χ1v) is 11.5. The van der Waals surface area contributed by atoms with Crippen molar-refractivity contribution in [2.45, 2.75) is 38.8 Å². The highest BCUT2D eigenvalue weighted by Crippen LogP contribution is 2.24. The van der Waals surface area contributed by atoms with Crippen molar-refractivity contribution < 1.29 is 9.53 Å². The van der Waals surface area contributed by atoms with Crippen LogP contribution < -0.4 is 9.64 Å². The van der Waals surface area contributed by atoms with Crippen LogP contribution in [0, 0.1) is 0 Å². The molecule has 29 heavy (non-hydrogen) atoms. The van der Waals surface area contributed by atoms with E-state index in [9.17, 15) is 4.79 Å². The number of benzene rings is 1. The number of amides is 1. The predicted octanol–water partition coefficient (Wildman–Crippen LogP) is 3.25. The molecule has 156 valence electrons. The van der Waals surface area contributed by atoms with Gasteiger partial charge >= 0.3 is 0 Å². The number of piperazine rings is 1. The van der Waals surface area contributed by atoms with Crippen LogP contribution in [0.5, 0.6) is 5.75 Å². The molecule has 6 nitrogen and oxygen atoms in total. The van der Waals surface area contributed by atoms with Crippen LogP contribution in [0.1, 0.15) is 31.9 Å². The summed E-state index contributed by atoms with van der Waals surface area (Å²) in [5, 5.41) is 3.27. The van der Waals surface area contributed by atoms with Gasteiger partial charge in [-0.05, 0) is 45.0 Å². The van der Waals surface area contributed by atoms with Crippen molar-refractivity contribution in [1.29, 1.82) is 0 Å². The number of para-hydroxylation sites is 1. The zero-order valence-electron chi connectivity index (χ0n) is 17.1. The third-order valence-electron chi connectivity index (χ3n) is 5.64. The number of aromatic nitrogens is 1. The summed E-state index contributed by atoms with van der Waals surface area (Å²) in [4.78, 5) is 24.3. The molecule has 4 rings (SSSR count). The molecule has 0 bridgehead atoms. The molecule has 0 unspecified atom stereocenters. The van der Waals surface area contributed by atoms with Crippen LogP contribution >= 0.6 is 11.3 Å². The number of rotatable bonds is 6. The molecule has 0 aliphatic carbocycles. The standard InChI is InChI=1S/C22H30N4O2S/c1-18(28-20-8-4-2-5-9-20)21(27)25-12-14-26(15-13-25)22-23-19(17-29-22)16-24-10-6-3-7-11-24/h2,4-5,8-9,17-18H,3,6-7,10-16H2,1H3/t18-/m1/s1. The first-order valence-electron chi connectivity index (χ1n) is 10.6. The summed E-state index contributed by atoms with van der Waals surface area (Å²) in [6.07, 6.45) is 3.50. The third-order valence-corrected chi connectivity index (χ3v) is 6.59. The van der Waals surface area contributed by atoms with Gasteiger partial charge in [-0.1, -0.05) is 24.6 Å². The number of likely N-dealkylation sites (tertiary alicyclic amines) is 1. The molecule has 2 saturated heterocycles. The van der Waals surface area contributed by atoms with Crippen molar-refractivity contribution in [2.75, 3.05) is 44.2 Å². The summed E-state index contributed by atoms with van der Waals surface area (Å²) in [6, 6.07) is 9.53. The van der Waals surface area contributed by atoms with E-state index in [4.69, 9.17) is 9.72 Å². The molecule has 3 heterocycles. The molecule has 2 aromatic rings. The lowest BCUT2D eigenvalue weighted by Crippen LogP contribution is -2.52. The number of ether oxygens (including phenoxy) is 1. The Morgan fingerprint density at radius 2 is 1.79 bits per heavy atom. The highest BCUT2D eigenvalue weighted by atomic mass is 32.1. The Kier molecular flexibility index (Phi) is 6.67. The van der Waals surface area contributed by atoms with Crippen molar-refractivity contribution in [2.24, 2.45) is 0 Å². The zero-order valence-corrected chi connectivity index (χ0v) is 17.9. The normalized spacial score (nSPS) is 19.2. The second-order valence-electron chi connectivity index (χ2n) is 7.84. The highest BCUT2D eigenvalue weighted by molar-refractivity contribution is 7.13. The summed E-state index contributed by atoms with van der Waals surface area (Å²) in [5.41, 5.74) is 1.18. The molecule has 0 radical (unpaired) electrons. The van der Waals surface area contributed by atoms with Gasteiger partial charge in [0.15, 0.2) is 11.2 Å². The minimum Gasteiger partial charge on any atom is -0.481 e. The van der Waals surface area contributed by atoms with E-state index >= 15 is 0 Å². The van der Waals surface area contributed by atoms with E-state index in [1.165, 1.54) is 38.0 Å². The van der Waals surface area contributed by atoms with E-state index in [-0.39, 0.29) is 5.91 Å². The van der Waals surface area contributed by atoms with Crippen LogP contribution in [0.2, 0.25) is 0 Å². The van der Waals surface area contributed by atoms with Gasteiger partial charge in [0.2, 0.25) is 0 Å². The minimum absolute atomic E-state index is 0.0541. The minimum atomic E-state index is -0.472. The lowest BCUT2D eigenvalue weighted by Gasteiger charge is -2.35. The topological polar surface area (TPSA) is 48.9 Å². The van der Waals surface area contributed by atoms with Crippen LogP contribution in [0.4, 0.5) is 5.13 Å². The van der Waals surface area contributed by atoms with Crippen LogP contribution in [0.25, 0.3) is 0 Å². The van der Waals surface area contributed by atoms with E-state index in [2.05, 4.69) is 15.2 Å². The van der Waals surface area contributed by atoms with Gasteiger partial charge in [0.05, 0.1) is 5.69 Å². The molecule has 1 atom stereocenters. The van der Waals surface area contributed by atoms with Crippen molar-refractivity contribution in [3.63, 3.8) is 0 Å². The summed E-state index contributed by atoms with van der Waals surface area (Å²) < 4.78 is 5.80. The van der Waals surface area contributed by atoms with Gasteiger partial charge in [-0.3, -0.25) is 9.69 Å². The maximum Gasteiger partial charge on any atom is 0.263 e. The van der Waals surface area contributed by atoms with Crippen LogP contribution in [-0.2, 0) is 11.3 Å². The molecule has 7 heteroatoms. The van der Waals surface area contributed by atoms with Crippen LogP contribution in [0.15, 0.2) is 35.7 Å².